The number of carbonyl (C=O) groups is 1. The van der Waals surface area contributed by atoms with E-state index in [0.29, 0.717) is 6.04 Å². The minimum atomic E-state index is -0.173. The maximum absolute atomic E-state index is 12.8. The van der Waals surface area contributed by atoms with Crippen LogP contribution in [0.5, 0.6) is 0 Å². The van der Waals surface area contributed by atoms with Gasteiger partial charge in [0.15, 0.2) is 0 Å². The van der Waals surface area contributed by atoms with Crippen molar-refractivity contribution in [2.75, 3.05) is 26.7 Å². The highest BCUT2D eigenvalue weighted by Crippen LogP contribution is 2.31. The smallest absolute Gasteiger partial charge is 0.244 e. The molecule has 0 aromatic heterocycles. The Hall–Kier alpha value is -1.39. The predicted molar refractivity (Wildman–Crippen MR) is 86.7 cm³/mol. The van der Waals surface area contributed by atoms with Crippen LogP contribution in [0.3, 0.4) is 0 Å². The van der Waals surface area contributed by atoms with Crippen molar-refractivity contribution in [2.45, 2.75) is 43.8 Å². The molecule has 1 aromatic carbocycles. The van der Waals surface area contributed by atoms with E-state index in [1.165, 1.54) is 30.5 Å². The van der Waals surface area contributed by atoms with E-state index in [1.807, 2.05) is 11.9 Å². The Balaban J connectivity index is 1.54. The van der Waals surface area contributed by atoms with Gasteiger partial charge in [-0.2, -0.15) is 0 Å². The first-order valence-corrected chi connectivity index (χ1v) is 8.55. The summed E-state index contributed by atoms with van der Waals surface area (Å²) in [7, 11) is 1.92. The molecule has 0 bridgehead atoms. The second-order valence-corrected chi connectivity index (χ2v) is 7.02. The molecule has 0 radical (unpaired) electrons. The number of rotatable bonds is 3. The van der Waals surface area contributed by atoms with E-state index in [-0.39, 0.29) is 11.9 Å². The van der Waals surface area contributed by atoms with Crippen molar-refractivity contribution in [3.63, 3.8) is 0 Å². The van der Waals surface area contributed by atoms with E-state index in [9.17, 15) is 4.79 Å². The molecule has 2 unspecified atom stereocenters. The van der Waals surface area contributed by atoms with Crippen molar-refractivity contribution >= 4 is 5.91 Å². The highest BCUT2D eigenvalue weighted by atomic mass is 16.2. The molecule has 0 spiro atoms. The molecule has 118 valence electrons. The number of likely N-dealkylation sites (N-methyl/N-ethyl adjacent to an activating group) is 1. The Bertz CT molecular complexity index is 569. The highest BCUT2D eigenvalue weighted by Gasteiger charge is 2.37. The van der Waals surface area contributed by atoms with Crippen LogP contribution in [0.25, 0.3) is 0 Å². The van der Waals surface area contributed by atoms with Crippen molar-refractivity contribution < 1.29 is 4.79 Å². The SMILES string of the molecule is CN1CCc2ccccc2C(NC2CCN(C3CC3)C2)C1=O. The van der Waals surface area contributed by atoms with E-state index in [4.69, 9.17) is 0 Å². The van der Waals surface area contributed by atoms with E-state index in [1.54, 1.807) is 0 Å². The van der Waals surface area contributed by atoms with Crippen molar-refractivity contribution in [1.82, 2.24) is 15.1 Å². The molecule has 1 aliphatic carbocycles. The van der Waals surface area contributed by atoms with Gasteiger partial charge < -0.3 is 4.90 Å². The quantitative estimate of drug-likeness (QED) is 0.920. The lowest BCUT2D eigenvalue weighted by Gasteiger charge is -2.25. The minimum Gasteiger partial charge on any atom is -0.344 e. The molecule has 2 aliphatic heterocycles. The second-order valence-electron chi connectivity index (χ2n) is 7.02. The summed E-state index contributed by atoms with van der Waals surface area (Å²) >= 11 is 0. The van der Waals surface area contributed by atoms with Crippen LogP contribution in [0.1, 0.15) is 36.4 Å². The van der Waals surface area contributed by atoms with Gasteiger partial charge in [0.2, 0.25) is 5.91 Å². The fraction of sp³-hybridized carbons (Fsp3) is 0.611. The molecule has 4 nitrogen and oxygen atoms in total. The Labute approximate surface area is 132 Å². The lowest BCUT2D eigenvalue weighted by Crippen LogP contribution is -2.43. The summed E-state index contributed by atoms with van der Waals surface area (Å²) < 4.78 is 0. The van der Waals surface area contributed by atoms with Gasteiger partial charge in [0.05, 0.1) is 0 Å². The van der Waals surface area contributed by atoms with Crippen LogP contribution in [0.15, 0.2) is 24.3 Å². The lowest BCUT2D eigenvalue weighted by molar-refractivity contribution is -0.132. The molecule has 1 N–H and O–H groups in total. The van der Waals surface area contributed by atoms with E-state index >= 15 is 0 Å². The topological polar surface area (TPSA) is 35.6 Å². The number of hydrogen-bond acceptors (Lipinski definition) is 3. The first-order chi connectivity index (χ1) is 10.7. The molecule has 2 atom stereocenters. The fourth-order valence-electron chi connectivity index (χ4n) is 3.89. The first kappa shape index (κ1) is 14.2. The highest BCUT2D eigenvalue weighted by molar-refractivity contribution is 5.84. The summed E-state index contributed by atoms with van der Waals surface area (Å²) in [5, 5.41) is 3.67. The third-order valence-corrected chi connectivity index (χ3v) is 5.39. The largest absolute Gasteiger partial charge is 0.344 e. The Morgan fingerprint density at radius 1 is 1.14 bits per heavy atom. The summed E-state index contributed by atoms with van der Waals surface area (Å²) in [6.07, 6.45) is 4.84. The van der Waals surface area contributed by atoms with Gasteiger partial charge in [-0.15, -0.1) is 0 Å². The molecule has 1 aromatic rings. The second kappa shape index (κ2) is 5.67. The molecule has 2 heterocycles. The van der Waals surface area contributed by atoms with Crippen LogP contribution in [-0.4, -0.2) is 54.5 Å². The number of fused-ring (bicyclic) bond motifs is 1. The molecule has 22 heavy (non-hydrogen) atoms. The van der Waals surface area contributed by atoms with Crippen LogP contribution in [0.4, 0.5) is 0 Å². The van der Waals surface area contributed by atoms with Crippen LogP contribution in [0, 0.1) is 0 Å². The number of benzene rings is 1. The van der Waals surface area contributed by atoms with Gasteiger partial charge in [-0.1, -0.05) is 24.3 Å². The monoisotopic (exact) mass is 299 g/mol. The lowest BCUT2D eigenvalue weighted by atomic mass is 9.98. The molecule has 2 fully saturated rings. The van der Waals surface area contributed by atoms with Crippen molar-refractivity contribution in [1.29, 1.82) is 0 Å². The molecule has 3 aliphatic rings. The zero-order valence-electron chi connectivity index (χ0n) is 13.3. The van der Waals surface area contributed by atoms with Gasteiger partial charge in [-0.3, -0.25) is 15.0 Å². The van der Waals surface area contributed by atoms with E-state index in [2.05, 4.69) is 34.5 Å². The number of carbonyl (C=O) groups excluding carboxylic acids is 1. The normalized spacial score (nSPS) is 29.5. The average Bonchev–Trinajstić information content (AvgIpc) is 3.30. The molecular weight excluding hydrogens is 274 g/mol. The molecule has 1 saturated carbocycles. The number of amides is 1. The van der Waals surface area contributed by atoms with Crippen LogP contribution < -0.4 is 5.32 Å². The van der Waals surface area contributed by atoms with Crippen molar-refractivity contribution in [3.8, 4) is 0 Å². The summed E-state index contributed by atoms with van der Waals surface area (Å²) in [6.45, 7) is 3.09. The number of nitrogens with zero attached hydrogens (tertiary/aromatic N) is 2. The van der Waals surface area contributed by atoms with Gasteiger partial charge in [-0.25, -0.2) is 0 Å². The summed E-state index contributed by atoms with van der Waals surface area (Å²) in [5.41, 5.74) is 2.50. The summed E-state index contributed by atoms with van der Waals surface area (Å²) in [6, 6.07) is 9.51. The summed E-state index contributed by atoms with van der Waals surface area (Å²) in [4.78, 5) is 17.2. The molecule has 1 saturated heterocycles. The fourth-order valence-corrected chi connectivity index (χ4v) is 3.89. The molecule has 1 amide bonds. The first-order valence-electron chi connectivity index (χ1n) is 8.55. The maximum Gasteiger partial charge on any atom is 0.244 e. The Morgan fingerprint density at radius 2 is 1.95 bits per heavy atom. The zero-order chi connectivity index (χ0) is 15.1. The predicted octanol–water partition coefficient (Wildman–Crippen LogP) is 1.57. The van der Waals surface area contributed by atoms with Gasteiger partial charge in [-0.05, 0) is 36.8 Å². The number of likely N-dealkylation sites (tertiary alicyclic amines) is 1. The Kier molecular flexibility index (Phi) is 3.66. The number of hydrogen-bond donors (Lipinski definition) is 1. The van der Waals surface area contributed by atoms with Crippen LogP contribution >= 0.6 is 0 Å². The van der Waals surface area contributed by atoms with Crippen molar-refractivity contribution in [2.24, 2.45) is 0 Å². The third-order valence-electron chi connectivity index (χ3n) is 5.39. The third kappa shape index (κ3) is 2.66. The van der Waals surface area contributed by atoms with Gasteiger partial charge in [0.25, 0.3) is 0 Å². The van der Waals surface area contributed by atoms with E-state index in [0.717, 1.165) is 32.0 Å². The molecule has 4 heteroatoms. The Morgan fingerprint density at radius 3 is 2.77 bits per heavy atom. The number of nitrogens with one attached hydrogen (secondary N) is 1. The zero-order valence-corrected chi connectivity index (χ0v) is 13.3. The molecular formula is C18H25N3O. The minimum absolute atomic E-state index is 0.173. The van der Waals surface area contributed by atoms with Gasteiger partial charge in [0.1, 0.15) is 6.04 Å². The average molecular weight is 299 g/mol. The standard InChI is InChI=1S/C18H25N3O/c1-20-10-8-13-4-2-3-5-16(13)17(18(20)22)19-14-9-11-21(12-14)15-6-7-15/h2-5,14-15,17,19H,6-12H2,1H3. The van der Waals surface area contributed by atoms with Crippen molar-refractivity contribution in [3.05, 3.63) is 35.4 Å². The van der Waals surface area contributed by atoms with Crippen LogP contribution in [-0.2, 0) is 11.2 Å². The van der Waals surface area contributed by atoms with E-state index < -0.39 is 0 Å². The van der Waals surface area contributed by atoms with Gasteiger partial charge in [0, 0.05) is 38.8 Å². The molecule has 4 rings (SSSR count). The van der Waals surface area contributed by atoms with Crippen LogP contribution in [0.2, 0.25) is 0 Å². The van der Waals surface area contributed by atoms with Gasteiger partial charge >= 0.3 is 0 Å². The maximum atomic E-state index is 12.8. The summed E-state index contributed by atoms with van der Waals surface area (Å²) in [5.74, 6) is 0.217.